The van der Waals surface area contributed by atoms with E-state index in [2.05, 4.69) is 0 Å². The summed E-state index contributed by atoms with van der Waals surface area (Å²) in [6.45, 7) is 1.12. The Morgan fingerprint density at radius 1 is 1.30 bits per heavy atom. The zero-order chi connectivity index (χ0) is 15.4. The minimum absolute atomic E-state index is 0.0991. The third-order valence-corrected chi connectivity index (χ3v) is 5.73. The molecule has 1 rings (SSSR count). The molecule has 0 fully saturated rings. The van der Waals surface area contributed by atoms with Crippen LogP contribution in [0.25, 0.3) is 0 Å². The van der Waals surface area contributed by atoms with Gasteiger partial charge in [0.05, 0.1) is 5.75 Å². The van der Waals surface area contributed by atoms with E-state index in [1.165, 1.54) is 13.0 Å². The highest BCUT2D eigenvalue weighted by Crippen LogP contribution is 2.17. The van der Waals surface area contributed by atoms with E-state index in [0.29, 0.717) is 0 Å². The first-order chi connectivity index (χ1) is 9.23. The van der Waals surface area contributed by atoms with Gasteiger partial charge in [-0.05, 0) is 12.1 Å². The van der Waals surface area contributed by atoms with Crippen LogP contribution in [0.3, 0.4) is 0 Å². The second-order valence-corrected chi connectivity index (χ2v) is 8.07. The Kier molecular flexibility index (Phi) is 5.21. The van der Waals surface area contributed by atoms with Gasteiger partial charge in [0.15, 0.2) is 9.84 Å². The van der Waals surface area contributed by atoms with Crippen molar-refractivity contribution in [2.24, 2.45) is 0 Å². The molecule has 0 radical (unpaired) electrons. The second kappa shape index (κ2) is 6.30. The third kappa shape index (κ3) is 4.00. The maximum Gasteiger partial charge on any atom is 0.242 e. The first kappa shape index (κ1) is 16.6. The Balaban J connectivity index is 2.97. The number of sulfonamides is 1. The summed E-state index contributed by atoms with van der Waals surface area (Å²) in [5.41, 5.74) is -0.599. The summed E-state index contributed by atoms with van der Waals surface area (Å²) in [4.78, 5) is -0.506. The number of hydrogen-bond donors (Lipinski definition) is 1. The fourth-order valence-electron chi connectivity index (χ4n) is 1.39. The average molecular weight is 320 g/mol. The normalized spacial score (nSPS) is 12.1. The molecular weight excluding hydrogens is 307 g/mol. The van der Waals surface area contributed by atoms with Crippen molar-refractivity contribution in [2.45, 2.75) is 11.8 Å². The molecule has 0 aliphatic heterocycles. The SMILES string of the molecule is CCS(=O)(=O)CCNS(=O)(=O)c1cccc(F)c1C#N. The first-order valence-electron chi connectivity index (χ1n) is 5.62. The molecule has 1 aromatic rings. The van der Waals surface area contributed by atoms with Gasteiger partial charge in [-0.3, -0.25) is 0 Å². The predicted molar refractivity (Wildman–Crippen MR) is 70.6 cm³/mol. The number of rotatable bonds is 6. The maximum atomic E-state index is 13.3. The largest absolute Gasteiger partial charge is 0.242 e. The number of benzene rings is 1. The molecule has 0 saturated heterocycles. The Bertz CT molecular complexity index is 736. The van der Waals surface area contributed by atoms with E-state index >= 15 is 0 Å². The molecule has 0 saturated carbocycles. The molecule has 110 valence electrons. The van der Waals surface area contributed by atoms with Gasteiger partial charge < -0.3 is 0 Å². The van der Waals surface area contributed by atoms with Crippen LogP contribution in [-0.4, -0.2) is 34.9 Å². The lowest BCUT2D eigenvalue weighted by molar-refractivity contribution is 0.576. The zero-order valence-electron chi connectivity index (χ0n) is 10.6. The summed E-state index contributed by atoms with van der Waals surface area (Å²) in [6, 6.07) is 4.69. The van der Waals surface area contributed by atoms with E-state index in [1.807, 2.05) is 4.72 Å². The van der Waals surface area contributed by atoms with E-state index < -0.39 is 36.1 Å². The first-order valence-corrected chi connectivity index (χ1v) is 8.92. The average Bonchev–Trinajstić information content (AvgIpc) is 2.38. The van der Waals surface area contributed by atoms with Gasteiger partial charge in [-0.25, -0.2) is 25.9 Å². The molecule has 0 atom stereocenters. The predicted octanol–water partition coefficient (Wildman–Crippen LogP) is 0.410. The lowest BCUT2D eigenvalue weighted by atomic mass is 10.2. The molecule has 0 aliphatic carbocycles. The number of hydrogen-bond acceptors (Lipinski definition) is 5. The van der Waals surface area contributed by atoms with Crippen LogP contribution in [-0.2, 0) is 19.9 Å². The minimum atomic E-state index is -4.13. The van der Waals surface area contributed by atoms with Crippen molar-refractivity contribution >= 4 is 19.9 Å². The number of nitriles is 1. The van der Waals surface area contributed by atoms with Crippen molar-refractivity contribution in [2.75, 3.05) is 18.1 Å². The fourth-order valence-corrected chi connectivity index (χ4v) is 3.42. The van der Waals surface area contributed by atoms with E-state index in [1.54, 1.807) is 0 Å². The lowest BCUT2D eigenvalue weighted by Gasteiger charge is -2.08. The number of nitrogens with zero attached hydrogens (tertiary/aromatic N) is 1. The molecule has 1 aromatic carbocycles. The molecule has 9 heteroatoms. The van der Waals surface area contributed by atoms with Crippen molar-refractivity contribution in [3.8, 4) is 6.07 Å². The Labute approximate surface area is 117 Å². The highest BCUT2D eigenvalue weighted by molar-refractivity contribution is 7.91. The monoisotopic (exact) mass is 320 g/mol. The van der Waals surface area contributed by atoms with E-state index in [4.69, 9.17) is 5.26 Å². The molecule has 1 N–H and O–H groups in total. The molecular formula is C11H13FN2O4S2. The number of sulfone groups is 1. The van der Waals surface area contributed by atoms with Crippen LogP contribution in [0.4, 0.5) is 4.39 Å². The van der Waals surface area contributed by atoms with E-state index in [-0.39, 0.29) is 18.1 Å². The molecule has 20 heavy (non-hydrogen) atoms. The molecule has 0 aromatic heterocycles. The highest BCUT2D eigenvalue weighted by atomic mass is 32.2. The summed E-state index contributed by atoms with van der Waals surface area (Å²) < 4.78 is 61.7. The van der Waals surface area contributed by atoms with Crippen LogP contribution >= 0.6 is 0 Å². The molecule has 0 amide bonds. The summed E-state index contributed by atoms with van der Waals surface area (Å²) in [5, 5.41) is 8.78. The molecule has 0 unspecified atom stereocenters. The van der Waals surface area contributed by atoms with Crippen molar-refractivity contribution < 1.29 is 21.2 Å². The van der Waals surface area contributed by atoms with Gasteiger partial charge in [0.1, 0.15) is 22.3 Å². The summed E-state index contributed by atoms with van der Waals surface area (Å²) >= 11 is 0. The summed E-state index contributed by atoms with van der Waals surface area (Å²) in [5.74, 6) is -1.41. The minimum Gasteiger partial charge on any atom is -0.229 e. The van der Waals surface area contributed by atoms with Crippen molar-refractivity contribution in [3.05, 3.63) is 29.6 Å². The topological polar surface area (TPSA) is 104 Å². The molecule has 0 aliphatic rings. The van der Waals surface area contributed by atoms with Gasteiger partial charge in [0.25, 0.3) is 0 Å². The standard InChI is InChI=1S/C11H13FN2O4S2/c1-2-19(15,16)7-6-14-20(17,18)11-5-3-4-10(12)9(11)8-13/h3-5,14H,2,6-7H2,1H3. The maximum absolute atomic E-state index is 13.3. The van der Waals surface area contributed by atoms with E-state index in [9.17, 15) is 21.2 Å². The van der Waals surface area contributed by atoms with Crippen LogP contribution in [0, 0.1) is 17.1 Å². The van der Waals surface area contributed by atoms with Crippen LogP contribution in [0.1, 0.15) is 12.5 Å². The van der Waals surface area contributed by atoms with Gasteiger partial charge in [0, 0.05) is 12.3 Å². The smallest absolute Gasteiger partial charge is 0.229 e. The molecule has 0 heterocycles. The Hall–Kier alpha value is -1.50. The van der Waals surface area contributed by atoms with Gasteiger partial charge >= 0.3 is 0 Å². The molecule has 0 spiro atoms. The van der Waals surface area contributed by atoms with Crippen LogP contribution < -0.4 is 4.72 Å². The van der Waals surface area contributed by atoms with Crippen LogP contribution in [0.15, 0.2) is 23.1 Å². The quantitative estimate of drug-likeness (QED) is 0.817. The fraction of sp³-hybridized carbons (Fsp3) is 0.364. The summed E-state index contributed by atoms with van der Waals surface area (Å²) in [6.07, 6.45) is 0. The zero-order valence-corrected chi connectivity index (χ0v) is 12.3. The Morgan fingerprint density at radius 2 is 1.95 bits per heavy atom. The highest BCUT2D eigenvalue weighted by Gasteiger charge is 2.21. The van der Waals surface area contributed by atoms with E-state index in [0.717, 1.165) is 18.2 Å². The summed E-state index contributed by atoms with van der Waals surface area (Å²) in [7, 11) is -7.45. The van der Waals surface area contributed by atoms with Gasteiger partial charge in [0.2, 0.25) is 10.0 Å². The van der Waals surface area contributed by atoms with Crippen molar-refractivity contribution in [3.63, 3.8) is 0 Å². The number of halogens is 1. The van der Waals surface area contributed by atoms with Crippen molar-refractivity contribution in [1.82, 2.24) is 4.72 Å². The lowest BCUT2D eigenvalue weighted by Crippen LogP contribution is -2.30. The Morgan fingerprint density at radius 3 is 2.50 bits per heavy atom. The van der Waals surface area contributed by atoms with Gasteiger partial charge in [-0.2, -0.15) is 5.26 Å². The van der Waals surface area contributed by atoms with Crippen molar-refractivity contribution in [1.29, 1.82) is 5.26 Å². The molecule has 0 bridgehead atoms. The third-order valence-electron chi connectivity index (χ3n) is 2.52. The molecule has 6 nitrogen and oxygen atoms in total. The second-order valence-electron chi connectivity index (χ2n) is 3.86. The van der Waals surface area contributed by atoms with Gasteiger partial charge in [-0.15, -0.1) is 0 Å². The van der Waals surface area contributed by atoms with Crippen LogP contribution in [0.2, 0.25) is 0 Å². The number of nitrogens with one attached hydrogen (secondary N) is 1. The van der Waals surface area contributed by atoms with Gasteiger partial charge in [-0.1, -0.05) is 13.0 Å². The van der Waals surface area contributed by atoms with Crippen LogP contribution in [0.5, 0.6) is 0 Å².